The van der Waals surface area contributed by atoms with Crippen LogP contribution in [0.15, 0.2) is 29.6 Å². The summed E-state index contributed by atoms with van der Waals surface area (Å²) < 4.78 is 0. The predicted octanol–water partition coefficient (Wildman–Crippen LogP) is 2.79. The Morgan fingerprint density at radius 3 is 2.63 bits per heavy atom. The Morgan fingerprint density at radius 1 is 1.42 bits per heavy atom. The smallest absolute Gasteiger partial charge is 0.241 e. The summed E-state index contributed by atoms with van der Waals surface area (Å²) in [6, 6.07) is 7.17. The molecule has 1 unspecified atom stereocenters. The molecule has 0 fully saturated rings. The number of anilines is 1. The number of nitrogens with one attached hydrogen (secondary N) is 1. The molecule has 3 N–H and O–H groups in total. The Kier molecular flexibility index (Phi) is 4.29. The van der Waals surface area contributed by atoms with E-state index in [2.05, 4.69) is 10.3 Å². The number of aryl methyl sites for hydroxylation is 1. The van der Waals surface area contributed by atoms with E-state index in [0.29, 0.717) is 6.42 Å². The molecule has 0 radical (unpaired) electrons. The number of carbonyl (C=O) groups excluding carboxylic acids is 1. The Morgan fingerprint density at radius 2 is 2.11 bits per heavy atom. The molecular weight excluding hydrogens is 258 g/mol. The molecule has 1 aromatic heterocycles. The number of thiazole rings is 1. The lowest BCUT2D eigenvalue weighted by Crippen LogP contribution is -2.34. The van der Waals surface area contributed by atoms with Crippen molar-refractivity contribution in [1.29, 1.82) is 0 Å². The van der Waals surface area contributed by atoms with Crippen molar-refractivity contribution >= 4 is 22.9 Å². The van der Waals surface area contributed by atoms with Crippen molar-refractivity contribution in [3.05, 3.63) is 34.7 Å². The molecule has 0 saturated heterocycles. The molecule has 0 aliphatic carbocycles. The van der Waals surface area contributed by atoms with Crippen molar-refractivity contribution in [3.8, 4) is 11.3 Å². The van der Waals surface area contributed by atoms with Crippen LogP contribution in [0.4, 0.5) is 5.69 Å². The van der Waals surface area contributed by atoms with Gasteiger partial charge in [0.1, 0.15) is 0 Å². The van der Waals surface area contributed by atoms with E-state index < -0.39 is 6.04 Å². The maximum atomic E-state index is 11.7. The molecule has 0 spiro atoms. The fourth-order valence-electron chi connectivity index (χ4n) is 1.64. The molecule has 5 heteroatoms. The number of hydrogen-bond donors (Lipinski definition) is 2. The zero-order valence-corrected chi connectivity index (χ0v) is 11.8. The zero-order valence-electron chi connectivity index (χ0n) is 11.0. The van der Waals surface area contributed by atoms with E-state index in [4.69, 9.17) is 5.73 Å². The van der Waals surface area contributed by atoms with Crippen molar-refractivity contribution < 1.29 is 4.79 Å². The molecule has 0 bridgehead atoms. The molecule has 2 rings (SSSR count). The van der Waals surface area contributed by atoms with Crippen molar-refractivity contribution in [2.45, 2.75) is 26.3 Å². The lowest BCUT2D eigenvalue weighted by atomic mass is 10.1. The van der Waals surface area contributed by atoms with Gasteiger partial charge in [-0.15, -0.1) is 11.3 Å². The summed E-state index contributed by atoms with van der Waals surface area (Å²) in [7, 11) is 0. The third kappa shape index (κ3) is 3.39. The highest BCUT2D eigenvalue weighted by atomic mass is 32.1. The van der Waals surface area contributed by atoms with Gasteiger partial charge in [0.15, 0.2) is 0 Å². The molecule has 1 amide bonds. The predicted molar refractivity (Wildman–Crippen MR) is 79.2 cm³/mol. The minimum absolute atomic E-state index is 0.153. The molecule has 1 heterocycles. The average Bonchev–Trinajstić information content (AvgIpc) is 2.85. The fraction of sp³-hybridized carbons (Fsp3) is 0.286. The molecule has 1 atom stereocenters. The van der Waals surface area contributed by atoms with Crippen LogP contribution in [0.1, 0.15) is 18.4 Å². The van der Waals surface area contributed by atoms with Gasteiger partial charge in [-0.2, -0.15) is 0 Å². The second-order valence-electron chi connectivity index (χ2n) is 4.33. The topological polar surface area (TPSA) is 68.0 Å². The molecule has 0 aliphatic rings. The van der Waals surface area contributed by atoms with Gasteiger partial charge in [-0.05, 0) is 25.5 Å². The molecule has 0 saturated carbocycles. The minimum Gasteiger partial charge on any atom is -0.325 e. The number of carbonyl (C=O) groups is 1. The molecule has 4 nitrogen and oxygen atoms in total. The van der Waals surface area contributed by atoms with E-state index in [-0.39, 0.29) is 5.91 Å². The maximum Gasteiger partial charge on any atom is 0.241 e. The van der Waals surface area contributed by atoms with Crippen LogP contribution in [0.3, 0.4) is 0 Å². The van der Waals surface area contributed by atoms with Gasteiger partial charge in [0.25, 0.3) is 0 Å². The van der Waals surface area contributed by atoms with Crippen LogP contribution in [-0.2, 0) is 4.79 Å². The van der Waals surface area contributed by atoms with Crippen LogP contribution < -0.4 is 11.1 Å². The lowest BCUT2D eigenvalue weighted by molar-refractivity contribution is -0.117. The average molecular weight is 275 g/mol. The summed E-state index contributed by atoms with van der Waals surface area (Å²) in [4.78, 5) is 16.1. The van der Waals surface area contributed by atoms with E-state index in [9.17, 15) is 4.79 Å². The van der Waals surface area contributed by atoms with Gasteiger partial charge in [0.05, 0.1) is 16.7 Å². The van der Waals surface area contributed by atoms with Gasteiger partial charge in [-0.1, -0.05) is 19.1 Å². The number of rotatable bonds is 4. The quantitative estimate of drug-likeness (QED) is 0.901. The number of amides is 1. The maximum absolute atomic E-state index is 11.7. The molecular formula is C14H17N3OS. The van der Waals surface area contributed by atoms with Gasteiger partial charge >= 0.3 is 0 Å². The first-order valence-electron chi connectivity index (χ1n) is 6.19. The van der Waals surface area contributed by atoms with Crippen molar-refractivity contribution in [3.63, 3.8) is 0 Å². The van der Waals surface area contributed by atoms with Crippen LogP contribution in [-0.4, -0.2) is 16.9 Å². The first-order chi connectivity index (χ1) is 9.10. The Bertz CT molecular complexity index is 562. The van der Waals surface area contributed by atoms with E-state index in [1.165, 1.54) is 0 Å². The van der Waals surface area contributed by atoms with Crippen LogP contribution in [0.25, 0.3) is 11.3 Å². The summed E-state index contributed by atoms with van der Waals surface area (Å²) in [5.74, 6) is -0.153. The summed E-state index contributed by atoms with van der Waals surface area (Å²) in [6.07, 6.45) is 0.627. The number of nitrogens with two attached hydrogens (primary N) is 1. The van der Waals surface area contributed by atoms with Crippen LogP contribution in [0.5, 0.6) is 0 Å². The summed E-state index contributed by atoms with van der Waals surface area (Å²) in [5, 5.41) is 5.86. The molecule has 19 heavy (non-hydrogen) atoms. The van der Waals surface area contributed by atoms with Crippen molar-refractivity contribution in [2.24, 2.45) is 5.73 Å². The minimum atomic E-state index is -0.458. The van der Waals surface area contributed by atoms with Crippen LogP contribution in [0.2, 0.25) is 0 Å². The third-order valence-electron chi connectivity index (χ3n) is 2.84. The van der Waals surface area contributed by atoms with Crippen molar-refractivity contribution in [1.82, 2.24) is 4.98 Å². The third-order valence-corrected chi connectivity index (χ3v) is 3.62. The summed E-state index contributed by atoms with van der Waals surface area (Å²) >= 11 is 1.62. The first-order valence-corrected chi connectivity index (χ1v) is 7.07. The van der Waals surface area contributed by atoms with Gasteiger partial charge in [-0.3, -0.25) is 4.79 Å². The highest BCUT2D eigenvalue weighted by molar-refractivity contribution is 7.09. The van der Waals surface area contributed by atoms with E-state index in [0.717, 1.165) is 22.0 Å². The Labute approximate surface area is 116 Å². The number of aromatic nitrogens is 1. The highest BCUT2D eigenvalue weighted by Gasteiger charge is 2.10. The van der Waals surface area contributed by atoms with Gasteiger partial charge < -0.3 is 11.1 Å². The number of nitrogens with zero attached hydrogens (tertiary/aromatic N) is 1. The summed E-state index contributed by atoms with van der Waals surface area (Å²) in [6.45, 7) is 3.87. The van der Waals surface area contributed by atoms with E-state index >= 15 is 0 Å². The van der Waals surface area contributed by atoms with E-state index in [1.54, 1.807) is 11.3 Å². The van der Waals surface area contributed by atoms with Crippen LogP contribution >= 0.6 is 11.3 Å². The van der Waals surface area contributed by atoms with Gasteiger partial charge in [0.2, 0.25) is 5.91 Å². The number of hydrogen-bond acceptors (Lipinski definition) is 4. The summed E-state index contributed by atoms with van der Waals surface area (Å²) in [5.41, 5.74) is 8.43. The molecule has 0 aliphatic heterocycles. The second kappa shape index (κ2) is 5.95. The van der Waals surface area contributed by atoms with E-state index in [1.807, 2.05) is 43.5 Å². The first kappa shape index (κ1) is 13.7. The van der Waals surface area contributed by atoms with Crippen LogP contribution in [0, 0.1) is 6.92 Å². The standard InChI is InChI=1S/C14H17N3OS/c1-3-12(15)14(18)17-11-6-4-10(5-7-11)13-8-19-9(2)16-13/h4-8,12H,3,15H2,1-2H3,(H,17,18). The fourth-order valence-corrected chi connectivity index (χ4v) is 2.26. The SMILES string of the molecule is CCC(N)C(=O)Nc1ccc(-c2csc(C)n2)cc1. The molecule has 100 valence electrons. The van der Waals surface area contributed by atoms with Gasteiger partial charge in [0, 0.05) is 16.6 Å². The Balaban J connectivity index is 2.08. The second-order valence-corrected chi connectivity index (χ2v) is 5.40. The zero-order chi connectivity index (χ0) is 13.8. The highest BCUT2D eigenvalue weighted by Crippen LogP contribution is 2.23. The van der Waals surface area contributed by atoms with Gasteiger partial charge in [-0.25, -0.2) is 4.98 Å². The number of benzene rings is 1. The van der Waals surface area contributed by atoms with Crippen molar-refractivity contribution in [2.75, 3.05) is 5.32 Å². The Hall–Kier alpha value is -1.72. The lowest BCUT2D eigenvalue weighted by Gasteiger charge is -2.10. The molecule has 1 aromatic carbocycles. The largest absolute Gasteiger partial charge is 0.325 e. The normalized spacial score (nSPS) is 12.2. The molecule has 2 aromatic rings. The monoisotopic (exact) mass is 275 g/mol.